The maximum atomic E-state index is 12.9. The third-order valence-corrected chi connectivity index (χ3v) is 2.41. The standard InChI is InChI=1S/C14H17FN2O4/c1-2-6-16-12(18)8-17-13(19)9-21-14(20)10-4-3-5-11(15)7-10/h3-5,7H,2,6,8-9H2,1H3,(H,16,18)(H,17,19). The van der Waals surface area contributed by atoms with Gasteiger partial charge in [0.1, 0.15) is 5.82 Å². The van der Waals surface area contributed by atoms with Crippen LogP contribution in [0.1, 0.15) is 23.7 Å². The van der Waals surface area contributed by atoms with E-state index in [9.17, 15) is 18.8 Å². The monoisotopic (exact) mass is 296 g/mol. The second kappa shape index (κ2) is 8.68. The van der Waals surface area contributed by atoms with Crippen LogP contribution in [0.15, 0.2) is 24.3 Å². The molecular weight excluding hydrogens is 279 g/mol. The minimum atomic E-state index is -0.805. The van der Waals surface area contributed by atoms with Crippen molar-refractivity contribution in [2.75, 3.05) is 19.7 Å². The zero-order chi connectivity index (χ0) is 15.7. The molecule has 0 saturated carbocycles. The van der Waals surface area contributed by atoms with Crippen LogP contribution >= 0.6 is 0 Å². The van der Waals surface area contributed by atoms with Gasteiger partial charge in [0.05, 0.1) is 12.1 Å². The van der Waals surface area contributed by atoms with E-state index in [0.29, 0.717) is 6.54 Å². The van der Waals surface area contributed by atoms with Crippen molar-refractivity contribution >= 4 is 17.8 Å². The summed E-state index contributed by atoms with van der Waals surface area (Å²) in [5.74, 6) is -2.30. The van der Waals surface area contributed by atoms with E-state index in [-0.39, 0.29) is 18.0 Å². The highest BCUT2D eigenvalue weighted by Crippen LogP contribution is 2.04. The van der Waals surface area contributed by atoms with Crippen LogP contribution < -0.4 is 10.6 Å². The zero-order valence-electron chi connectivity index (χ0n) is 11.6. The maximum absolute atomic E-state index is 12.9. The number of ether oxygens (including phenoxy) is 1. The van der Waals surface area contributed by atoms with Crippen LogP contribution in [-0.4, -0.2) is 37.5 Å². The molecule has 1 aromatic rings. The lowest BCUT2D eigenvalue weighted by molar-refractivity contribution is -0.127. The fourth-order valence-corrected chi connectivity index (χ4v) is 1.39. The summed E-state index contributed by atoms with van der Waals surface area (Å²) >= 11 is 0. The number of carbonyl (C=O) groups is 3. The molecule has 1 aromatic carbocycles. The SMILES string of the molecule is CCCNC(=O)CNC(=O)COC(=O)c1cccc(F)c1. The summed E-state index contributed by atoms with van der Waals surface area (Å²) in [6, 6.07) is 4.95. The topological polar surface area (TPSA) is 84.5 Å². The number of amides is 2. The van der Waals surface area contributed by atoms with E-state index in [4.69, 9.17) is 4.74 Å². The minimum absolute atomic E-state index is 0.0171. The highest BCUT2D eigenvalue weighted by Gasteiger charge is 2.11. The van der Waals surface area contributed by atoms with E-state index in [1.54, 1.807) is 0 Å². The van der Waals surface area contributed by atoms with Gasteiger partial charge in [0.25, 0.3) is 5.91 Å². The Morgan fingerprint density at radius 3 is 2.62 bits per heavy atom. The molecule has 2 amide bonds. The first kappa shape index (κ1) is 16.6. The van der Waals surface area contributed by atoms with Gasteiger partial charge in [0.2, 0.25) is 5.91 Å². The number of esters is 1. The molecule has 0 aliphatic heterocycles. The Labute approximate surface area is 121 Å². The average Bonchev–Trinajstić information content (AvgIpc) is 2.48. The molecule has 0 heterocycles. The molecule has 0 saturated heterocycles. The van der Waals surface area contributed by atoms with Crippen molar-refractivity contribution in [1.82, 2.24) is 10.6 Å². The van der Waals surface area contributed by atoms with Crippen LogP contribution in [0.3, 0.4) is 0 Å². The first-order valence-corrected chi connectivity index (χ1v) is 6.49. The molecule has 0 spiro atoms. The lowest BCUT2D eigenvalue weighted by Gasteiger charge is -2.07. The molecule has 0 atom stereocenters. The van der Waals surface area contributed by atoms with Crippen molar-refractivity contribution in [2.24, 2.45) is 0 Å². The molecule has 1 rings (SSSR count). The third-order valence-electron chi connectivity index (χ3n) is 2.41. The molecule has 114 valence electrons. The first-order chi connectivity index (χ1) is 10.0. The second-order valence-electron chi connectivity index (χ2n) is 4.21. The zero-order valence-corrected chi connectivity index (χ0v) is 11.6. The molecule has 6 nitrogen and oxygen atoms in total. The van der Waals surface area contributed by atoms with Crippen LogP contribution in [0.25, 0.3) is 0 Å². The molecule has 0 unspecified atom stereocenters. The number of nitrogens with one attached hydrogen (secondary N) is 2. The van der Waals surface area contributed by atoms with Gasteiger partial charge in [-0.3, -0.25) is 9.59 Å². The highest BCUT2D eigenvalue weighted by atomic mass is 19.1. The Morgan fingerprint density at radius 2 is 1.95 bits per heavy atom. The lowest BCUT2D eigenvalue weighted by atomic mass is 10.2. The quantitative estimate of drug-likeness (QED) is 0.723. The van der Waals surface area contributed by atoms with Crippen molar-refractivity contribution in [1.29, 1.82) is 0 Å². The Morgan fingerprint density at radius 1 is 1.19 bits per heavy atom. The summed E-state index contributed by atoms with van der Waals surface area (Å²) in [5.41, 5.74) is 0.0171. The summed E-state index contributed by atoms with van der Waals surface area (Å²) in [6.07, 6.45) is 0.797. The summed E-state index contributed by atoms with van der Waals surface area (Å²) in [7, 11) is 0. The molecule has 0 aromatic heterocycles. The van der Waals surface area contributed by atoms with Crippen LogP contribution in [0.2, 0.25) is 0 Å². The second-order valence-corrected chi connectivity index (χ2v) is 4.21. The molecule has 0 aliphatic carbocycles. The first-order valence-electron chi connectivity index (χ1n) is 6.49. The van der Waals surface area contributed by atoms with Gasteiger partial charge < -0.3 is 15.4 Å². The highest BCUT2D eigenvalue weighted by molar-refractivity contribution is 5.92. The molecular formula is C14H17FN2O4. The molecule has 0 fully saturated rings. The fourth-order valence-electron chi connectivity index (χ4n) is 1.39. The average molecular weight is 296 g/mol. The Kier molecular flexibility index (Phi) is 6.86. The van der Waals surface area contributed by atoms with Crippen LogP contribution in [0.4, 0.5) is 4.39 Å². The number of benzene rings is 1. The molecule has 0 radical (unpaired) electrons. The van der Waals surface area contributed by atoms with Gasteiger partial charge in [-0.2, -0.15) is 0 Å². The van der Waals surface area contributed by atoms with E-state index >= 15 is 0 Å². The van der Waals surface area contributed by atoms with Crippen molar-refractivity contribution in [3.63, 3.8) is 0 Å². The molecule has 7 heteroatoms. The number of hydrogen-bond donors (Lipinski definition) is 2. The summed E-state index contributed by atoms with van der Waals surface area (Å²) < 4.78 is 17.6. The third kappa shape index (κ3) is 6.51. The fraction of sp³-hybridized carbons (Fsp3) is 0.357. The van der Waals surface area contributed by atoms with Gasteiger partial charge >= 0.3 is 5.97 Å². The van der Waals surface area contributed by atoms with E-state index in [2.05, 4.69) is 10.6 Å². The van der Waals surface area contributed by atoms with E-state index in [0.717, 1.165) is 12.5 Å². The summed E-state index contributed by atoms with van der Waals surface area (Å²) in [5, 5.41) is 4.89. The Balaban J connectivity index is 2.30. The minimum Gasteiger partial charge on any atom is -0.452 e. The van der Waals surface area contributed by atoms with E-state index in [1.807, 2.05) is 6.92 Å². The van der Waals surface area contributed by atoms with Crippen LogP contribution in [-0.2, 0) is 14.3 Å². The van der Waals surface area contributed by atoms with Crippen molar-refractivity contribution < 1.29 is 23.5 Å². The van der Waals surface area contributed by atoms with Crippen LogP contribution in [0, 0.1) is 5.82 Å². The van der Waals surface area contributed by atoms with Gasteiger partial charge in [-0.1, -0.05) is 13.0 Å². The number of rotatable bonds is 7. The molecule has 0 aliphatic rings. The molecule has 21 heavy (non-hydrogen) atoms. The largest absolute Gasteiger partial charge is 0.452 e. The Hall–Kier alpha value is -2.44. The molecule has 2 N–H and O–H groups in total. The van der Waals surface area contributed by atoms with Gasteiger partial charge in [0.15, 0.2) is 6.61 Å². The summed E-state index contributed by atoms with van der Waals surface area (Å²) in [6.45, 7) is 1.72. The van der Waals surface area contributed by atoms with E-state index in [1.165, 1.54) is 18.2 Å². The predicted molar refractivity (Wildman–Crippen MR) is 73.0 cm³/mol. The van der Waals surface area contributed by atoms with Crippen molar-refractivity contribution in [2.45, 2.75) is 13.3 Å². The van der Waals surface area contributed by atoms with Crippen LogP contribution in [0.5, 0.6) is 0 Å². The Bertz CT molecular complexity index is 519. The normalized spacial score (nSPS) is 9.81. The summed E-state index contributed by atoms with van der Waals surface area (Å²) in [4.78, 5) is 34.1. The van der Waals surface area contributed by atoms with Gasteiger partial charge in [0, 0.05) is 6.54 Å². The predicted octanol–water partition coefficient (Wildman–Crippen LogP) is 0.625. The maximum Gasteiger partial charge on any atom is 0.338 e. The van der Waals surface area contributed by atoms with Gasteiger partial charge in [-0.25, -0.2) is 9.18 Å². The molecule has 0 bridgehead atoms. The number of halogens is 1. The smallest absolute Gasteiger partial charge is 0.338 e. The number of carbonyl (C=O) groups excluding carboxylic acids is 3. The van der Waals surface area contributed by atoms with Crippen molar-refractivity contribution in [3.8, 4) is 0 Å². The van der Waals surface area contributed by atoms with Gasteiger partial charge in [-0.05, 0) is 24.6 Å². The van der Waals surface area contributed by atoms with Gasteiger partial charge in [-0.15, -0.1) is 0 Å². The van der Waals surface area contributed by atoms with E-state index < -0.39 is 24.3 Å². The number of hydrogen-bond acceptors (Lipinski definition) is 4. The lowest BCUT2D eigenvalue weighted by Crippen LogP contribution is -2.38. The van der Waals surface area contributed by atoms with Crippen molar-refractivity contribution in [3.05, 3.63) is 35.6 Å².